The van der Waals surface area contributed by atoms with Crippen molar-refractivity contribution in [3.05, 3.63) is 29.8 Å². The van der Waals surface area contributed by atoms with Crippen LogP contribution >= 0.6 is 0 Å². The lowest BCUT2D eigenvalue weighted by Gasteiger charge is -2.17. The van der Waals surface area contributed by atoms with E-state index in [2.05, 4.69) is 0 Å². The Morgan fingerprint density at radius 3 is 2.12 bits per heavy atom. The molecule has 2 N–H and O–H groups in total. The number of ether oxygens (including phenoxy) is 1. The Balaban J connectivity index is 2.64. The van der Waals surface area contributed by atoms with Crippen LogP contribution < -0.4 is 4.74 Å². The van der Waals surface area contributed by atoms with Crippen LogP contribution in [0.1, 0.15) is 38.9 Å². The van der Waals surface area contributed by atoms with Gasteiger partial charge in [-0.15, -0.1) is 0 Å². The minimum absolute atomic E-state index is 0.234. The molecule has 0 fully saturated rings. The van der Waals surface area contributed by atoms with Crippen LogP contribution in [-0.4, -0.2) is 22.4 Å². The molecule has 3 unspecified atom stereocenters. The Kier molecular flexibility index (Phi) is 4.77. The molecule has 1 rings (SSSR count). The van der Waals surface area contributed by atoms with E-state index >= 15 is 0 Å². The van der Waals surface area contributed by atoms with Gasteiger partial charge in [0.1, 0.15) is 11.9 Å². The SMILES string of the molecule is CCC(O)c1ccc(OC(C)C(C)O)cc1. The highest BCUT2D eigenvalue weighted by Gasteiger charge is 2.10. The molecule has 1 aromatic carbocycles. The number of rotatable bonds is 5. The van der Waals surface area contributed by atoms with E-state index in [4.69, 9.17) is 4.74 Å². The second-order valence-electron chi connectivity index (χ2n) is 4.06. The van der Waals surface area contributed by atoms with Crippen molar-refractivity contribution in [3.63, 3.8) is 0 Å². The van der Waals surface area contributed by atoms with Gasteiger partial charge in [0.15, 0.2) is 0 Å². The summed E-state index contributed by atoms with van der Waals surface area (Å²) < 4.78 is 5.51. The van der Waals surface area contributed by atoms with E-state index in [1.54, 1.807) is 6.92 Å². The van der Waals surface area contributed by atoms with Gasteiger partial charge in [-0.1, -0.05) is 19.1 Å². The first-order valence-corrected chi connectivity index (χ1v) is 5.67. The third kappa shape index (κ3) is 3.51. The largest absolute Gasteiger partial charge is 0.488 e. The number of aliphatic hydroxyl groups is 2. The van der Waals surface area contributed by atoms with Crippen molar-refractivity contribution in [1.29, 1.82) is 0 Å². The summed E-state index contributed by atoms with van der Waals surface area (Å²) in [6, 6.07) is 7.32. The third-order valence-corrected chi connectivity index (χ3v) is 2.65. The van der Waals surface area contributed by atoms with Crippen LogP contribution in [-0.2, 0) is 0 Å². The van der Waals surface area contributed by atoms with E-state index in [1.807, 2.05) is 38.1 Å². The van der Waals surface area contributed by atoms with Crippen molar-refractivity contribution >= 4 is 0 Å². The minimum Gasteiger partial charge on any atom is -0.488 e. The number of hydrogen-bond acceptors (Lipinski definition) is 3. The van der Waals surface area contributed by atoms with Crippen molar-refractivity contribution in [3.8, 4) is 5.75 Å². The van der Waals surface area contributed by atoms with E-state index in [1.165, 1.54) is 0 Å². The molecular weight excluding hydrogens is 204 g/mol. The molecular formula is C13H20O3. The van der Waals surface area contributed by atoms with Crippen LogP contribution in [0.4, 0.5) is 0 Å². The fourth-order valence-corrected chi connectivity index (χ4v) is 1.32. The topological polar surface area (TPSA) is 49.7 Å². The van der Waals surface area contributed by atoms with E-state index in [-0.39, 0.29) is 6.10 Å². The molecule has 0 amide bonds. The molecule has 0 aliphatic carbocycles. The molecule has 3 heteroatoms. The summed E-state index contributed by atoms with van der Waals surface area (Å²) in [5.41, 5.74) is 0.888. The molecule has 0 aliphatic rings. The fraction of sp³-hybridized carbons (Fsp3) is 0.538. The zero-order valence-corrected chi connectivity index (χ0v) is 10.1. The molecule has 0 bridgehead atoms. The van der Waals surface area contributed by atoms with Gasteiger partial charge in [-0.25, -0.2) is 0 Å². The normalized spacial score (nSPS) is 16.6. The number of aliphatic hydroxyl groups excluding tert-OH is 2. The summed E-state index contributed by atoms with van der Waals surface area (Å²) in [6.45, 7) is 5.45. The molecule has 0 radical (unpaired) electrons. The first-order valence-electron chi connectivity index (χ1n) is 5.67. The molecule has 3 nitrogen and oxygen atoms in total. The van der Waals surface area contributed by atoms with Gasteiger partial charge in [0.2, 0.25) is 0 Å². The Bertz CT molecular complexity index is 305. The van der Waals surface area contributed by atoms with Crippen LogP contribution in [0.3, 0.4) is 0 Å². The lowest BCUT2D eigenvalue weighted by molar-refractivity contribution is 0.0604. The van der Waals surface area contributed by atoms with Gasteiger partial charge in [-0.05, 0) is 38.0 Å². The van der Waals surface area contributed by atoms with Crippen LogP contribution in [0, 0.1) is 0 Å². The summed E-state index contributed by atoms with van der Waals surface area (Å²) in [5.74, 6) is 0.709. The van der Waals surface area contributed by atoms with Crippen molar-refractivity contribution in [1.82, 2.24) is 0 Å². The van der Waals surface area contributed by atoms with Crippen molar-refractivity contribution in [2.24, 2.45) is 0 Å². The second-order valence-corrected chi connectivity index (χ2v) is 4.06. The Labute approximate surface area is 96.7 Å². The van der Waals surface area contributed by atoms with Gasteiger partial charge in [-0.3, -0.25) is 0 Å². The predicted octanol–water partition coefficient (Wildman–Crippen LogP) is 2.28. The van der Waals surface area contributed by atoms with Crippen LogP contribution in [0.15, 0.2) is 24.3 Å². The van der Waals surface area contributed by atoms with Crippen molar-refractivity contribution in [2.45, 2.75) is 45.5 Å². The predicted molar refractivity (Wildman–Crippen MR) is 63.5 cm³/mol. The van der Waals surface area contributed by atoms with E-state index < -0.39 is 12.2 Å². The first kappa shape index (κ1) is 13.0. The summed E-state index contributed by atoms with van der Waals surface area (Å²) in [7, 11) is 0. The maximum Gasteiger partial charge on any atom is 0.121 e. The monoisotopic (exact) mass is 224 g/mol. The van der Waals surface area contributed by atoms with Crippen LogP contribution in [0.5, 0.6) is 5.75 Å². The lowest BCUT2D eigenvalue weighted by Crippen LogP contribution is -2.25. The lowest BCUT2D eigenvalue weighted by atomic mass is 10.1. The molecule has 0 saturated heterocycles. The van der Waals surface area contributed by atoms with Crippen molar-refractivity contribution in [2.75, 3.05) is 0 Å². The molecule has 0 aliphatic heterocycles. The van der Waals surface area contributed by atoms with Gasteiger partial charge < -0.3 is 14.9 Å². The molecule has 3 atom stereocenters. The smallest absolute Gasteiger partial charge is 0.121 e. The Morgan fingerprint density at radius 2 is 1.69 bits per heavy atom. The van der Waals surface area contributed by atoms with Gasteiger partial charge in [0.05, 0.1) is 12.2 Å². The molecule has 0 aromatic heterocycles. The maximum absolute atomic E-state index is 9.61. The maximum atomic E-state index is 9.61. The highest BCUT2D eigenvalue weighted by atomic mass is 16.5. The highest BCUT2D eigenvalue weighted by molar-refractivity contribution is 5.28. The molecule has 90 valence electrons. The zero-order valence-electron chi connectivity index (χ0n) is 10.1. The van der Waals surface area contributed by atoms with Crippen LogP contribution in [0.2, 0.25) is 0 Å². The van der Waals surface area contributed by atoms with E-state index in [9.17, 15) is 10.2 Å². The third-order valence-electron chi connectivity index (χ3n) is 2.65. The van der Waals surface area contributed by atoms with Crippen molar-refractivity contribution < 1.29 is 14.9 Å². The van der Waals surface area contributed by atoms with Crippen LogP contribution in [0.25, 0.3) is 0 Å². The average Bonchev–Trinajstić information content (AvgIpc) is 2.28. The molecule has 0 heterocycles. The summed E-state index contributed by atoms with van der Waals surface area (Å²) in [4.78, 5) is 0. The van der Waals surface area contributed by atoms with Gasteiger partial charge in [0, 0.05) is 0 Å². The molecule has 16 heavy (non-hydrogen) atoms. The van der Waals surface area contributed by atoms with Gasteiger partial charge >= 0.3 is 0 Å². The highest BCUT2D eigenvalue weighted by Crippen LogP contribution is 2.20. The molecule has 0 saturated carbocycles. The summed E-state index contributed by atoms with van der Waals surface area (Å²) in [5, 5.41) is 18.9. The average molecular weight is 224 g/mol. The Hall–Kier alpha value is -1.06. The zero-order chi connectivity index (χ0) is 12.1. The number of hydrogen-bond donors (Lipinski definition) is 2. The summed E-state index contributed by atoms with van der Waals surface area (Å²) >= 11 is 0. The van der Waals surface area contributed by atoms with Gasteiger partial charge in [0.25, 0.3) is 0 Å². The quantitative estimate of drug-likeness (QED) is 0.806. The van der Waals surface area contributed by atoms with E-state index in [0.717, 1.165) is 5.56 Å². The summed E-state index contributed by atoms with van der Waals surface area (Å²) in [6.07, 6.45) is -0.448. The standard InChI is InChI=1S/C13H20O3/c1-4-13(15)11-5-7-12(8-6-11)16-10(3)9(2)14/h5-10,13-15H,4H2,1-3H3. The van der Waals surface area contributed by atoms with Gasteiger partial charge in [-0.2, -0.15) is 0 Å². The van der Waals surface area contributed by atoms with E-state index in [0.29, 0.717) is 12.2 Å². The first-order chi connectivity index (χ1) is 7.54. The number of benzene rings is 1. The fourth-order valence-electron chi connectivity index (χ4n) is 1.32. The minimum atomic E-state index is -0.499. The second kappa shape index (κ2) is 5.87. The molecule has 1 aromatic rings. The molecule has 0 spiro atoms. The Morgan fingerprint density at radius 1 is 1.12 bits per heavy atom.